The van der Waals surface area contributed by atoms with Gasteiger partial charge in [-0.25, -0.2) is 0 Å². The predicted octanol–water partition coefficient (Wildman–Crippen LogP) is 13.3. The molecule has 2 aliphatic heterocycles. The third-order valence-corrected chi connectivity index (χ3v) is 13.1. The van der Waals surface area contributed by atoms with E-state index in [0.717, 1.165) is 21.9 Å². The van der Waals surface area contributed by atoms with Gasteiger partial charge in [0.05, 0.1) is 0 Å². The van der Waals surface area contributed by atoms with Crippen molar-refractivity contribution in [1.29, 1.82) is 0 Å². The summed E-state index contributed by atoms with van der Waals surface area (Å²) in [5.41, 5.74) is 17.0. The van der Waals surface area contributed by atoms with Gasteiger partial charge in [-0.3, -0.25) is 0 Å². The molecule has 8 aromatic carbocycles. The molecular weight excluding hydrogens is 691 g/mol. The molecule has 0 bridgehead atoms. The second kappa shape index (κ2) is 11.0. The Hall–Kier alpha value is -6.26. The fourth-order valence-electron chi connectivity index (χ4n) is 10.3. The average molecular weight is 735 g/mol. The maximum Gasteiger partial charge on any atom is 0.333 e. The highest BCUT2D eigenvalue weighted by atomic mass is 16.3. The Bertz CT molecular complexity index is 3370. The first-order valence-electron chi connectivity index (χ1n) is 20.4. The van der Waals surface area contributed by atoms with E-state index in [1.54, 1.807) is 0 Å². The van der Waals surface area contributed by atoms with E-state index < -0.39 is 0 Å². The first-order valence-corrected chi connectivity index (χ1v) is 20.4. The van der Waals surface area contributed by atoms with Crippen molar-refractivity contribution in [1.82, 2.24) is 4.48 Å². The Labute approximate surface area is 333 Å². The monoisotopic (exact) mass is 734 g/mol. The summed E-state index contributed by atoms with van der Waals surface area (Å²) in [5.74, 6) is 0. The molecule has 0 atom stereocenters. The van der Waals surface area contributed by atoms with Crippen molar-refractivity contribution in [2.45, 2.75) is 59.3 Å². The van der Waals surface area contributed by atoms with E-state index in [2.05, 4.69) is 191 Å². The number of hydrogen-bond acceptors (Lipinski definition) is 2. The highest BCUT2D eigenvalue weighted by Gasteiger charge is 2.45. The number of aromatic nitrogens is 1. The van der Waals surface area contributed by atoms with Crippen LogP contribution in [0.4, 0.5) is 17.1 Å². The van der Waals surface area contributed by atoms with Crippen molar-refractivity contribution in [3.8, 4) is 11.1 Å². The number of rotatable bonds is 1. The number of nitrogens with zero attached hydrogens (tertiary/aromatic N) is 2. The van der Waals surface area contributed by atoms with Crippen LogP contribution in [0.5, 0.6) is 0 Å². The zero-order chi connectivity index (χ0) is 38.7. The molecule has 0 aliphatic carbocycles. The van der Waals surface area contributed by atoms with Crippen LogP contribution in [0.1, 0.15) is 58.2 Å². The largest absolute Gasteiger partial charge is 0.455 e. The predicted molar refractivity (Wildman–Crippen MR) is 244 cm³/mol. The lowest BCUT2D eigenvalue weighted by Gasteiger charge is -2.42. The minimum Gasteiger partial charge on any atom is -0.455 e. The second-order valence-corrected chi connectivity index (χ2v) is 18.6. The molecule has 2 aliphatic rings. The molecule has 57 heavy (non-hydrogen) atoms. The number of furan rings is 1. The quantitative estimate of drug-likeness (QED) is 0.124. The van der Waals surface area contributed by atoms with Crippen molar-refractivity contribution in [3.05, 3.63) is 150 Å². The van der Waals surface area contributed by atoms with Crippen molar-refractivity contribution in [2.24, 2.45) is 0 Å². The Balaban J connectivity index is 1.33. The van der Waals surface area contributed by atoms with Gasteiger partial charge < -0.3 is 13.8 Å². The van der Waals surface area contributed by atoms with Gasteiger partial charge in [-0.05, 0) is 109 Å². The molecule has 0 spiro atoms. The molecule has 3 nitrogen and oxygen atoms in total. The van der Waals surface area contributed by atoms with Crippen molar-refractivity contribution < 1.29 is 4.42 Å². The van der Waals surface area contributed by atoms with E-state index in [9.17, 15) is 0 Å². The molecule has 12 rings (SSSR count). The Kier molecular flexibility index (Phi) is 6.35. The summed E-state index contributed by atoms with van der Waals surface area (Å²) in [6.45, 7) is 16.3. The van der Waals surface area contributed by atoms with E-state index in [1.165, 1.54) is 99.2 Å². The number of fused-ring (bicyclic) bond motifs is 13. The van der Waals surface area contributed by atoms with Gasteiger partial charge in [0.2, 0.25) is 0 Å². The van der Waals surface area contributed by atoms with Gasteiger partial charge in [-0.15, -0.1) is 0 Å². The number of benzene rings is 8. The van der Waals surface area contributed by atoms with Crippen LogP contribution in [-0.2, 0) is 10.8 Å². The molecule has 0 saturated carbocycles. The molecule has 0 unspecified atom stereocenters. The third kappa shape index (κ3) is 4.39. The van der Waals surface area contributed by atoms with Crippen molar-refractivity contribution in [3.63, 3.8) is 0 Å². The van der Waals surface area contributed by atoms with Crippen LogP contribution < -0.4 is 15.8 Å². The van der Waals surface area contributed by atoms with Gasteiger partial charge in [0.25, 0.3) is 0 Å². The van der Waals surface area contributed by atoms with Gasteiger partial charge >= 0.3 is 6.85 Å². The minimum absolute atomic E-state index is 0.0484. The van der Waals surface area contributed by atoms with Crippen LogP contribution in [-0.4, -0.2) is 11.3 Å². The highest BCUT2D eigenvalue weighted by molar-refractivity contribution is 6.90. The van der Waals surface area contributed by atoms with E-state index in [0.29, 0.717) is 0 Å². The molecule has 0 saturated heterocycles. The summed E-state index contributed by atoms with van der Waals surface area (Å²) < 4.78 is 9.68. The number of hydrogen-bond donors (Lipinski definition) is 0. The maximum atomic E-state index is 7.01. The van der Waals surface area contributed by atoms with Gasteiger partial charge in [0.1, 0.15) is 11.2 Å². The van der Waals surface area contributed by atoms with Crippen molar-refractivity contribution in [2.75, 3.05) is 4.90 Å². The van der Waals surface area contributed by atoms with Gasteiger partial charge in [0, 0.05) is 60.8 Å². The Morgan fingerprint density at radius 1 is 0.561 bits per heavy atom. The highest BCUT2D eigenvalue weighted by Crippen LogP contribution is 2.51. The van der Waals surface area contributed by atoms with Crippen molar-refractivity contribution >= 4 is 100 Å². The Morgan fingerprint density at radius 3 is 1.98 bits per heavy atom. The Morgan fingerprint density at radius 2 is 1.23 bits per heavy atom. The summed E-state index contributed by atoms with van der Waals surface area (Å²) in [4.78, 5) is 2.64. The molecule has 0 fully saturated rings. The lowest BCUT2D eigenvalue weighted by Crippen LogP contribution is -2.57. The van der Waals surface area contributed by atoms with E-state index in [-0.39, 0.29) is 17.7 Å². The van der Waals surface area contributed by atoms with Crippen LogP contribution in [0.25, 0.3) is 76.4 Å². The SMILES string of the molecule is Cc1c2c(cc3cc4ccccc4cc13)B1c3c(cc4c(oc5ccccc54)c3-c3cccc4c5ccccc5n1c34)N2c1cc(C(C)(C)C)cc(C(C)(C)C)c1. The van der Waals surface area contributed by atoms with E-state index in [4.69, 9.17) is 4.42 Å². The molecular formula is C53H43BN2O. The van der Waals surface area contributed by atoms with Crippen LogP contribution in [0, 0.1) is 6.92 Å². The summed E-state index contributed by atoms with van der Waals surface area (Å²) in [7, 11) is 0. The standard InChI is InChI=1S/C53H43BN2O/c1-30-41-24-32-16-9-8-15-31(32)23-33(41)25-43-49(30)55(36-27-34(52(2,3)4)26-35(28-36)53(5,6)7)45-29-42-38-18-11-13-22-46(38)57-51(42)47-40-20-14-19-39-37-17-10-12-21-44(37)56(50(39)40)54(43)48(45)47/h8-29H,1-7H3. The lowest BCUT2D eigenvalue weighted by atomic mass is 9.44. The number of para-hydroxylation sites is 3. The molecule has 0 N–H and O–H groups in total. The first-order chi connectivity index (χ1) is 27.5. The molecule has 0 amide bonds. The zero-order valence-electron chi connectivity index (χ0n) is 33.6. The van der Waals surface area contributed by atoms with Crippen LogP contribution in [0.15, 0.2) is 138 Å². The lowest BCUT2D eigenvalue weighted by molar-refractivity contribution is 0.569. The minimum atomic E-state index is -0.0846. The zero-order valence-corrected chi connectivity index (χ0v) is 33.6. The van der Waals surface area contributed by atoms with Gasteiger partial charge in [-0.1, -0.05) is 133 Å². The summed E-state index contributed by atoms with van der Waals surface area (Å²) in [6.07, 6.45) is 0. The third-order valence-electron chi connectivity index (χ3n) is 13.1. The maximum absolute atomic E-state index is 7.01. The van der Waals surface area contributed by atoms with Crippen LogP contribution in [0.2, 0.25) is 0 Å². The normalized spacial score (nSPS) is 13.8. The molecule has 0 radical (unpaired) electrons. The molecule has 10 aromatic rings. The summed E-state index contributed by atoms with van der Waals surface area (Å²) >= 11 is 0. The average Bonchev–Trinajstić information content (AvgIpc) is 3.74. The molecule has 4 heterocycles. The first kappa shape index (κ1) is 32.9. The summed E-state index contributed by atoms with van der Waals surface area (Å²) in [6, 6.07) is 50.4. The van der Waals surface area contributed by atoms with Gasteiger partial charge in [0.15, 0.2) is 0 Å². The topological polar surface area (TPSA) is 21.3 Å². The second-order valence-electron chi connectivity index (χ2n) is 18.6. The number of anilines is 3. The smallest absolute Gasteiger partial charge is 0.333 e. The fourth-order valence-corrected chi connectivity index (χ4v) is 10.3. The van der Waals surface area contributed by atoms with E-state index in [1.807, 2.05) is 0 Å². The summed E-state index contributed by atoms with van der Waals surface area (Å²) in [5, 5.41) is 9.95. The fraction of sp³-hybridized carbons (Fsp3) is 0.170. The molecule has 2 aromatic heterocycles. The van der Waals surface area contributed by atoms with Crippen LogP contribution in [0.3, 0.4) is 0 Å². The molecule has 4 heteroatoms. The van der Waals surface area contributed by atoms with E-state index >= 15 is 0 Å². The van der Waals surface area contributed by atoms with Crippen LogP contribution >= 0.6 is 0 Å². The van der Waals surface area contributed by atoms with Gasteiger partial charge in [-0.2, -0.15) is 0 Å². The number of aryl methyl sites for hydroxylation is 1. The molecule has 274 valence electrons.